The Hall–Kier alpha value is -3.60. The summed E-state index contributed by atoms with van der Waals surface area (Å²) in [6.07, 6.45) is 0.823. The third-order valence-electron chi connectivity index (χ3n) is 5.39. The zero-order valence-corrected chi connectivity index (χ0v) is 17.5. The quantitative estimate of drug-likeness (QED) is 0.507. The van der Waals surface area contributed by atoms with Crippen molar-refractivity contribution >= 4 is 22.4 Å². The molecule has 0 saturated heterocycles. The van der Waals surface area contributed by atoms with Gasteiger partial charge in [0.15, 0.2) is 6.61 Å². The van der Waals surface area contributed by atoms with Crippen LogP contribution < -0.4 is 10.1 Å². The van der Waals surface area contributed by atoms with Gasteiger partial charge in [0.25, 0.3) is 5.91 Å². The lowest BCUT2D eigenvalue weighted by Crippen LogP contribution is -2.20. The van der Waals surface area contributed by atoms with Crippen molar-refractivity contribution < 1.29 is 9.53 Å². The number of benzene rings is 3. The van der Waals surface area contributed by atoms with Gasteiger partial charge < -0.3 is 10.1 Å². The van der Waals surface area contributed by atoms with Crippen molar-refractivity contribution in [2.45, 2.75) is 20.3 Å². The fourth-order valence-corrected chi connectivity index (χ4v) is 3.65. The van der Waals surface area contributed by atoms with E-state index in [1.807, 2.05) is 85.4 Å². The van der Waals surface area contributed by atoms with Crippen molar-refractivity contribution in [1.29, 1.82) is 0 Å². The molecule has 0 unspecified atom stereocenters. The van der Waals surface area contributed by atoms with Crippen LogP contribution in [0.4, 0.5) is 5.69 Å². The van der Waals surface area contributed by atoms with Crippen LogP contribution in [0, 0.1) is 13.8 Å². The van der Waals surface area contributed by atoms with Gasteiger partial charge in [-0.3, -0.25) is 9.48 Å². The molecule has 1 amide bonds. The smallest absolute Gasteiger partial charge is 0.262 e. The molecule has 0 saturated carbocycles. The van der Waals surface area contributed by atoms with Crippen LogP contribution in [0.15, 0.2) is 66.7 Å². The van der Waals surface area contributed by atoms with E-state index in [1.165, 1.54) is 16.8 Å². The summed E-state index contributed by atoms with van der Waals surface area (Å²) >= 11 is 0. The second-order valence-corrected chi connectivity index (χ2v) is 7.46. The Labute approximate surface area is 176 Å². The van der Waals surface area contributed by atoms with Crippen molar-refractivity contribution in [1.82, 2.24) is 9.78 Å². The Morgan fingerprint density at radius 1 is 1.00 bits per heavy atom. The molecule has 3 aromatic carbocycles. The highest BCUT2D eigenvalue weighted by Crippen LogP contribution is 2.25. The average molecular weight is 399 g/mol. The Kier molecular flexibility index (Phi) is 5.53. The van der Waals surface area contributed by atoms with E-state index in [4.69, 9.17) is 4.74 Å². The van der Waals surface area contributed by atoms with Gasteiger partial charge in [0.2, 0.25) is 0 Å². The van der Waals surface area contributed by atoms with Gasteiger partial charge in [-0.25, -0.2) is 0 Å². The number of nitrogens with zero attached hydrogens (tertiary/aromatic N) is 2. The monoisotopic (exact) mass is 399 g/mol. The molecule has 1 aromatic heterocycles. The molecule has 0 aliphatic heterocycles. The Balaban J connectivity index is 1.36. The summed E-state index contributed by atoms with van der Waals surface area (Å²) in [5.41, 5.74) is 5.41. The summed E-state index contributed by atoms with van der Waals surface area (Å²) in [6.45, 7) is 4.08. The normalized spacial score (nSPS) is 10.9. The third kappa shape index (κ3) is 4.20. The predicted octanol–water partition coefficient (Wildman–Crippen LogP) is 4.80. The lowest BCUT2D eigenvalue weighted by atomic mass is 10.0. The van der Waals surface area contributed by atoms with E-state index in [0.717, 1.165) is 28.6 Å². The fraction of sp³-hybridized carbons (Fsp3) is 0.200. The molecule has 0 bridgehead atoms. The van der Waals surface area contributed by atoms with Gasteiger partial charge in [-0.05, 0) is 43.0 Å². The molecule has 1 heterocycles. The number of hydrogen-bond donors (Lipinski definition) is 1. The number of carbonyl (C=O) groups is 1. The molecule has 0 radical (unpaired) electrons. The summed E-state index contributed by atoms with van der Waals surface area (Å²) < 4.78 is 7.68. The van der Waals surface area contributed by atoms with Crippen LogP contribution in [0.3, 0.4) is 0 Å². The number of hydrogen-bond acceptors (Lipinski definition) is 3. The van der Waals surface area contributed by atoms with E-state index in [0.29, 0.717) is 5.75 Å². The molecular formula is C25H25N3O2. The van der Waals surface area contributed by atoms with Crippen LogP contribution >= 0.6 is 0 Å². The molecule has 5 heteroatoms. The molecule has 1 N–H and O–H groups in total. The maximum absolute atomic E-state index is 12.3. The van der Waals surface area contributed by atoms with Crippen LogP contribution in [-0.2, 0) is 18.3 Å². The first kappa shape index (κ1) is 19.7. The second-order valence-electron chi connectivity index (χ2n) is 7.46. The van der Waals surface area contributed by atoms with Crippen LogP contribution in [0.2, 0.25) is 0 Å². The number of nitrogens with one attached hydrogen (secondary N) is 1. The number of aryl methyl sites for hydroxylation is 2. The van der Waals surface area contributed by atoms with Crippen LogP contribution in [0.5, 0.6) is 5.75 Å². The highest BCUT2D eigenvalue weighted by atomic mass is 16.5. The van der Waals surface area contributed by atoms with E-state index in [-0.39, 0.29) is 12.5 Å². The lowest BCUT2D eigenvalue weighted by molar-refractivity contribution is -0.118. The molecule has 0 aliphatic carbocycles. The van der Waals surface area contributed by atoms with Gasteiger partial charge in [0.1, 0.15) is 5.75 Å². The van der Waals surface area contributed by atoms with E-state index < -0.39 is 0 Å². The van der Waals surface area contributed by atoms with E-state index >= 15 is 0 Å². The molecule has 0 atom stereocenters. The number of aromatic nitrogens is 2. The summed E-state index contributed by atoms with van der Waals surface area (Å²) in [5, 5.41) is 9.46. The minimum absolute atomic E-state index is 0.0379. The summed E-state index contributed by atoms with van der Waals surface area (Å²) in [7, 11) is 1.96. The van der Waals surface area contributed by atoms with Crippen molar-refractivity contribution in [3.63, 3.8) is 0 Å². The van der Waals surface area contributed by atoms with Crippen molar-refractivity contribution in [3.05, 3.63) is 89.2 Å². The summed E-state index contributed by atoms with van der Waals surface area (Å²) in [6, 6.07) is 21.7. The maximum Gasteiger partial charge on any atom is 0.262 e. The molecule has 4 rings (SSSR count). The molecule has 5 nitrogen and oxygen atoms in total. The number of amides is 1. The first-order valence-corrected chi connectivity index (χ1v) is 9.99. The number of anilines is 1. The number of ether oxygens (including phenoxy) is 1. The zero-order valence-electron chi connectivity index (χ0n) is 17.5. The molecule has 0 spiro atoms. The van der Waals surface area contributed by atoms with Gasteiger partial charge in [0.05, 0.1) is 5.69 Å². The van der Waals surface area contributed by atoms with Crippen molar-refractivity contribution in [2.24, 2.45) is 7.05 Å². The molecule has 0 fully saturated rings. The van der Waals surface area contributed by atoms with E-state index in [2.05, 4.69) is 17.3 Å². The number of carbonyl (C=O) groups excluding carboxylic acids is 1. The third-order valence-corrected chi connectivity index (χ3v) is 5.39. The topological polar surface area (TPSA) is 56.2 Å². The van der Waals surface area contributed by atoms with E-state index in [9.17, 15) is 4.79 Å². The van der Waals surface area contributed by atoms with Gasteiger partial charge in [-0.2, -0.15) is 5.10 Å². The summed E-state index contributed by atoms with van der Waals surface area (Å²) in [4.78, 5) is 12.3. The average Bonchev–Trinajstić information content (AvgIpc) is 2.99. The first-order chi connectivity index (χ1) is 14.5. The van der Waals surface area contributed by atoms with Crippen LogP contribution in [0.1, 0.15) is 22.5 Å². The molecular weight excluding hydrogens is 374 g/mol. The minimum atomic E-state index is -0.186. The molecule has 30 heavy (non-hydrogen) atoms. The van der Waals surface area contributed by atoms with Gasteiger partial charge >= 0.3 is 0 Å². The van der Waals surface area contributed by atoms with Gasteiger partial charge in [0, 0.05) is 35.8 Å². The van der Waals surface area contributed by atoms with Crippen molar-refractivity contribution in [3.8, 4) is 5.75 Å². The second kappa shape index (κ2) is 8.41. The largest absolute Gasteiger partial charge is 0.483 e. The highest BCUT2D eigenvalue weighted by molar-refractivity contribution is 5.93. The lowest BCUT2D eigenvalue weighted by Gasteiger charge is -2.10. The summed E-state index contributed by atoms with van der Waals surface area (Å²) in [5.74, 6) is 0.524. The SMILES string of the molecule is Cc1nn(C)c(C)c1Cc1ccc(NC(=O)COc2cccc3ccccc23)cc1. The van der Waals surface area contributed by atoms with Crippen LogP contribution in [0.25, 0.3) is 10.8 Å². The van der Waals surface area contributed by atoms with Gasteiger partial charge in [-0.15, -0.1) is 0 Å². The molecule has 152 valence electrons. The minimum Gasteiger partial charge on any atom is -0.483 e. The predicted molar refractivity (Wildman–Crippen MR) is 120 cm³/mol. The number of fused-ring (bicyclic) bond motifs is 1. The van der Waals surface area contributed by atoms with Gasteiger partial charge in [-0.1, -0.05) is 48.5 Å². The number of rotatable bonds is 6. The molecule has 0 aliphatic rings. The standard InChI is InChI=1S/C25H25N3O2/c1-17-23(18(2)28(3)27-17)15-19-11-13-21(14-12-19)26-25(29)16-30-24-10-6-8-20-7-4-5-9-22(20)24/h4-14H,15-16H2,1-3H3,(H,26,29). The highest BCUT2D eigenvalue weighted by Gasteiger charge is 2.10. The zero-order chi connectivity index (χ0) is 21.1. The Morgan fingerprint density at radius 3 is 2.47 bits per heavy atom. The van der Waals surface area contributed by atoms with E-state index in [1.54, 1.807) is 0 Å². The molecule has 4 aromatic rings. The van der Waals surface area contributed by atoms with Crippen LogP contribution in [-0.4, -0.2) is 22.3 Å². The van der Waals surface area contributed by atoms with Crippen molar-refractivity contribution in [2.75, 3.05) is 11.9 Å². The fourth-order valence-electron chi connectivity index (χ4n) is 3.65. The Bertz CT molecular complexity index is 1190. The Morgan fingerprint density at radius 2 is 1.73 bits per heavy atom. The first-order valence-electron chi connectivity index (χ1n) is 9.99. The maximum atomic E-state index is 12.3.